The second-order valence-corrected chi connectivity index (χ2v) is 10.4. The highest BCUT2D eigenvalue weighted by Gasteiger charge is 2.39. The first kappa shape index (κ1) is 21.5. The Kier molecular flexibility index (Phi) is 5.36. The van der Waals surface area contributed by atoms with Gasteiger partial charge in [0.1, 0.15) is 17.5 Å². The first-order valence-electron chi connectivity index (χ1n) is 10.4. The zero-order valence-corrected chi connectivity index (χ0v) is 19.7. The molecular weight excluding hydrogens is 408 g/mol. The second kappa shape index (κ2) is 7.74. The number of hydrogen-bond donors (Lipinski definition) is 1. The Morgan fingerprint density at radius 3 is 2.45 bits per heavy atom. The predicted molar refractivity (Wildman–Crippen MR) is 125 cm³/mol. The third-order valence-electron chi connectivity index (χ3n) is 5.80. The van der Waals surface area contributed by atoms with Crippen LogP contribution in [0, 0.1) is 11.3 Å². The number of ether oxygens (including phenoxy) is 1. The van der Waals surface area contributed by atoms with E-state index >= 15 is 0 Å². The van der Waals surface area contributed by atoms with E-state index < -0.39 is 0 Å². The number of nitrogens with zero attached hydrogens (tertiary/aromatic N) is 5. The fourth-order valence-electron chi connectivity index (χ4n) is 4.77. The maximum Gasteiger partial charge on any atom is 0.208 e. The van der Waals surface area contributed by atoms with Crippen molar-refractivity contribution in [3.63, 3.8) is 0 Å². The van der Waals surface area contributed by atoms with Gasteiger partial charge in [-0.05, 0) is 64.8 Å². The quantitative estimate of drug-likeness (QED) is 0.649. The van der Waals surface area contributed by atoms with Crippen LogP contribution in [-0.2, 0) is 0 Å². The van der Waals surface area contributed by atoms with Crippen molar-refractivity contribution in [1.29, 1.82) is 5.26 Å². The van der Waals surface area contributed by atoms with E-state index in [4.69, 9.17) is 4.74 Å². The summed E-state index contributed by atoms with van der Waals surface area (Å²) >= 11 is 1.53. The molecule has 0 spiro atoms. The van der Waals surface area contributed by atoms with Crippen LogP contribution in [-0.4, -0.2) is 46.5 Å². The molecule has 1 aliphatic rings. The summed E-state index contributed by atoms with van der Waals surface area (Å²) in [6.45, 7) is 9.00. The van der Waals surface area contributed by atoms with Gasteiger partial charge in [0.2, 0.25) is 5.13 Å². The summed E-state index contributed by atoms with van der Waals surface area (Å²) in [6.07, 6.45) is 2.04. The lowest BCUT2D eigenvalue weighted by Crippen LogP contribution is -2.61. The van der Waals surface area contributed by atoms with Gasteiger partial charge in [0.05, 0.1) is 18.2 Å². The van der Waals surface area contributed by atoms with Crippen molar-refractivity contribution in [3.05, 3.63) is 30.0 Å². The first-order chi connectivity index (χ1) is 14.6. The monoisotopic (exact) mass is 436 g/mol. The number of methoxy groups -OCH3 is 1. The van der Waals surface area contributed by atoms with Crippen molar-refractivity contribution in [1.82, 2.24) is 20.5 Å². The van der Waals surface area contributed by atoms with Crippen molar-refractivity contribution >= 4 is 27.4 Å². The minimum Gasteiger partial charge on any atom is -0.496 e. The molecule has 1 aromatic carbocycles. The molecule has 31 heavy (non-hydrogen) atoms. The number of rotatable bonds is 4. The molecule has 3 heterocycles. The number of nitriles is 1. The molecule has 1 fully saturated rings. The van der Waals surface area contributed by atoms with Crippen molar-refractivity contribution in [2.24, 2.45) is 0 Å². The number of piperidine rings is 1. The topological polar surface area (TPSA) is 87.0 Å². The van der Waals surface area contributed by atoms with E-state index in [9.17, 15) is 5.26 Å². The zero-order chi connectivity index (χ0) is 22.4. The largest absolute Gasteiger partial charge is 0.496 e. The van der Waals surface area contributed by atoms with Crippen LogP contribution in [0.1, 0.15) is 46.2 Å². The molecule has 1 N–H and O–H groups in total. The van der Waals surface area contributed by atoms with E-state index in [0.717, 1.165) is 33.9 Å². The molecule has 1 saturated heterocycles. The highest BCUT2D eigenvalue weighted by atomic mass is 32.1. The summed E-state index contributed by atoms with van der Waals surface area (Å²) in [4.78, 5) is 6.78. The molecule has 3 aromatic rings. The van der Waals surface area contributed by atoms with E-state index in [1.165, 1.54) is 11.3 Å². The van der Waals surface area contributed by atoms with Gasteiger partial charge in [0.15, 0.2) is 5.01 Å². The molecule has 0 unspecified atom stereocenters. The SMILES string of the molecule is COc1ccc2ccc(C#N)nc2c1-c1nnc(N(C)C2CC(C)(C)NC(C)(C)C2)s1. The Bertz CT molecular complexity index is 1150. The second-order valence-electron chi connectivity index (χ2n) is 9.48. The average molecular weight is 437 g/mol. The summed E-state index contributed by atoms with van der Waals surface area (Å²) in [6, 6.07) is 9.94. The van der Waals surface area contributed by atoms with Crippen molar-refractivity contribution < 1.29 is 4.74 Å². The summed E-state index contributed by atoms with van der Waals surface area (Å²) in [5.41, 5.74) is 1.94. The van der Waals surface area contributed by atoms with E-state index in [1.54, 1.807) is 13.2 Å². The molecule has 1 aliphatic heterocycles. The van der Waals surface area contributed by atoms with Gasteiger partial charge >= 0.3 is 0 Å². The molecule has 8 heteroatoms. The van der Waals surface area contributed by atoms with Gasteiger partial charge in [-0.15, -0.1) is 10.2 Å². The first-order valence-corrected chi connectivity index (χ1v) is 11.2. The van der Waals surface area contributed by atoms with Gasteiger partial charge in [-0.3, -0.25) is 0 Å². The normalized spacial score (nSPS) is 18.0. The van der Waals surface area contributed by atoms with E-state index in [2.05, 4.69) is 66.2 Å². The van der Waals surface area contributed by atoms with Gasteiger partial charge in [-0.1, -0.05) is 11.3 Å². The van der Waals surface area contributed by atoms with Gasteiger partial charge in [-0.25, -0.2) is 4.98 Å². The third kappa shape index (κ3) is 4.21. The Labute approximate surface area is 187 Å². The molecule has 162 valence electrons. The average Bonchev–Trinajstić information content (AvgIpc) is 3.19. The lowest BCUT2D eigenvalue weighted by atomic mass is 9.79. The van der Waals surface area contributed by atoms with Crippen LogP contribution >= 0.6 is 11.3 Å². The fraction of sp³-hybridized carbons (Fsp3) is 0.478. The smallest absolute Gasteiger partial charge is 0.208 e. The Morgan fingerprint density at radius 1 is 1.13 bits per heavy atom. The Morgan fingerprint density at radius 2 is 1.81 bits per heavy atom. The molecule has 4 rings (SSSR count). The number of hydrogen-bond acceptors (Lipinski definition) is 8. The van der Waals surface area contributed by atoms with E-state index in [0.29, 0.717) is 23.0 Å². The van der Waals surface area contributed by atoms with E-state index in [-0.39, 0.29) is 11.1 Å². The highest BCUT2D eigenvalue weighted by Crippen LogP contribution is 2.41. The highest BCUT2D eigenvalue weighted by molar-refractivity contribution is 7.18. The molecule has 0 radical (unpaired) electrons. The van der Waals surface area contributed by atoms with Crippen molar-refractivity contribution in [2.45, 2.75) is 57.7 Å². The Hall–Kier alpha value is -2.76. The number of benzene rings is 1. The molecule has 2 aromatic heterocycles. The van der Waals surface area contributed by atoms with Gasteiger partial charge in [-0.2, -0.15) is 5.26 Å². The van der Waals surface area contributed by atoms with Gasteiger partial charge in [0.25, 0.3) is 0 Å². The van der Waals surface area contributed by atoms with Crippen LogP contribution in [0.2, 0.25) is 0 Å². The van der Waals surface area contributed by atoms with E-state index in [1.807, 2.05) is 18.2 Å². The molecule has 7 nitrogen and oxygen atoms in total. The third-order valence-corrected chi connectivity index (χ3v) is 6.84. The molecule has 0 aliphatic carbocycles. The number of anilines is 1. The fourth-order valence-corrected chi connectivity index (χ4v) is 5.70. The number of nitrogens with one attached hydrogen (secondary N) is 1. The summed E-state index contributed by atoms with van der Waals surface area (Å²) in [5, 5.41) is 24.6. The van der Waals surface area contributed by atoms with Crippen LogP contribution in [0.4, 0.5) is 5.13 Å². The van der Waals surface area contributed by atoms with Gasteiger partial charge < -0.3 is 15.0 Å². The van der Waals surface area contributed by atoms with Crippen LogP contribution in [0.3, 0.4) is 0 Å². The molecule has 0 saturated carbocycles. The minimum atomic E-state index is 0.0463. The summed E-state index contributed by atoms with van der Waals surface area (Å²) < 4.78 is 5.62. The maximum atomic E-state index is 9.31. The van der Waals surface area contributed by atoms with Gasteiger partial charge in [0, 0.05) is 29.6 Å². The molecule has 0 amide bonds. The number of fused-ring (bicyclic) bond motifs is 1. The van der Waals surface area contributed by atoms with Crippen LogP contribution in [0.25, 0.3) is 21.5 Å². The molecule has 0 bridgehead atoms. The van der Waals surface area contributed by atoms with Crippen LogP contribution < -0.4 is 15.0 Å². The lowest BCUT2D eigenvalue weighted by Gasteiger charge is -2.48. The van der Waals surface area contributed by atoms with Crippen molar-refractivity contribution in [2.75, 3.05) is 19.1 Å². The van der Waals surface area contributed by atoms with Crippen LogP contribution in [0.5, 0.6) is 5.75 Å². The summed E-state index contributed by atoms with van der Waals surface area (Å²) in [7, 11) is 3.73. The maximum absolute atomic E-state index is 9.31. The number of pyridine rings is 1. The molecule has 0 atom stereocenters. The minimum absolute atomic E-state index is 0.0463. The molecular formula is C23H28N6OS. The zero-order valence-electron chi connectivity index (χ0n) is 18.9. The Balaban J connectivity index is 1.74. The predicted octanol–water partition coefficient (Wildman–Crippen LogP) is 4.38. The number of aromatic nitrogens is 3. The summed E-state index contributed by atoms with van der Waals surface area (Å²) in [5.74, 6) is 0.671. The standard InChI is InChI=1S/C23H28N6OS/c1-22(2)11-16(12-23(3,4)28-22)29(5)21-27-26-20(31-21)18-17(30-6)10-8-14-7-9-15(13-24)25-19(14)18/h7-10,16,28H,11-12H2,1-6H3. The van der Waals surface area contributed by atoms with Crippen LogP contribution in [0.15, 0.2) is 24.3 Å². The van der Waals surface area contributed by atoms with Crippen molar-refractivity contribution in [3.8, 4) is 22.4 Å². The lowest BCUT2D eigenvalue weighted by molar-refractivity contribution is 0.161.